The number of piperidine rings is 1. The predicted molar refractivity (Wildman–Crippen MR) is 112 cm³/mol. The molecule has 10 heteroatoms. The van der Waals surface area contributed by atoms with Crippen LogP contribution < -0.4 is 5.32 Å². The van der Waals surface area contributed by atoms with E-state index in [2.05, 4.69) is 32.6 Å². The number of fused-ring (bicyclic) bond motifs is 2. The van der Waals surface area contributed by atoms with E-state index in [4.69, 9.17) is 11.6 Å². The molecule has 2 aliphatic heterocycles. The van der Waals surface area contributed by atoms with E-state index >= 15 is 0 Å². The first-order chi connectivity index (χ1) is 14.4. The van der Waals surface area contributed by atoms with Gasteiger partial charge in [0.15, 0.2) is 5.82 Å². The first-order valence-electron chi connectivity index (χ1n) is 10.0. The van der Waals surface area contributed by atoms with Gasteiger partial charge in [0.1, 0.15) is 6.33 Å². The van der Waals surface area contributed by atoms with Gasteiger partial charge in [-0.2, -0.15) is 5.10 Å². The van der Waals surface area contributed by atoms with Gasteiger partial charge >= 0.3 is 6.03 Å². The van der Waals surface area contributed by atoms with Crippen LogP contribution in [0.2, 0.25) is 5.02 Å². The van der Waals surface area contributed by atoms with E-state index in [-0.39, 0.29) is 17.6 Å². The molecule has 156 valence electrons. The molecule has 1 saturated carbocycles. The zero-order chi connectivity index (χ0) is 20.9. The van der Waals surface area contributed by atoms with Crippen LogP contribution in [0.1, 0.15) is 26.2 Å². The van der Waals surface area contributed by atoms with Gasteiger partial charge in [-0.25, -0.2) is 9.78 Å². The molecule has 2 saturated heterocycles. The summed E-state index contributed by atoms with van der Waals surface area (Å²) >= 11 is 6.35. The van der Waals surface area contributed by atoms with E-state index in [1.54, 1.807) is 36.4 Å². The van der Waals surface area contributed by atoms with Crippen molar-refractivity contribution in [1.29, 1.82) is 0 Å². The van der Waals surface area contributed by atoms with E-state index < -0.39 is 0 Å². The summed E-state index contributed by atoms with van der Waals surface area (Å²) in [7, 11) is 1.80. The maximum Gasteiger partial charge on any atom is 0.322 e. The lowest BCUT2D eigenvalue weighted by molar-refractivity contribution is -0.100. The third-order valence-corrected chi connectivity index (χ3v) is 6.43. The molecule has 2 amide bonds. The van der Waals surface area contributed by atoms with Crippen LogP contribution in [0.15, 0.2) is 36.9 Å². The Hall–Kier alpha value is -2.94. The summed E-state index contributed by atoms with van der Waals surface area (Å²) in [4.78, 5) is 19.6. The maximum atomic E-state index is 13.3. The predicted octanol–water partition coefficient (Wildman–Crippen LogP) is 3.20. The smallest absolute Gasteiger partial charge is 0.314 e. The molecular weight excluding hydrogens is 404 g/mol. The standard InChI is InChI=1S/C20H23ClN8O/c1-13-7-15-10-20(9-13,11-28-6-5-23-26-28)29(15)19(30)24-14-3-4-17(21)16(8-14)18-22-12-27(2)25-18/h3-6,8,12-13,15H,7,9-11H2,1-2H3,(H,24,30)/t13-,15?,20?/m0/s1. The molecule has 2 bridgehead atoms. The van der Waals surface area contributed by atoms with Crippen LogP contribution in [0.4, 0.5) is 10.5 Å². The van der Waals surface area contributed by atoms with Gasteiger partial charge in [-0.05, 0) is 43.4 Å². The lowest BCUT2D eigenvalue weighted by atomic mass is 9.64. The van der Waals surface area contributed by atoms with Gasteiger partial charge in [-0.1, -0.05) is 23.7 Å². The van der Waals surface area contributed by atoms with Crippen molar-refractivity contribution in [2.45, 2.75) is 44.3 Å². The third-order valence-electron chi connectivity index (χ3n) is 6.10. The molecule has 2 unspecified atom stereocenters. The summed E-state index contributed by atoms with van der Waals surface area (Å²) in [6, 6.07) is 5.53. The number of carbonyl (C=O) groups excluding carboxylic acids is 1. The van der Waals surface area contributed by atoms with Crippen molar-refractivity contribution >= 4 is 23.3 Å². The highest BCUT2D eigenvalue weighted by Gasteiger charge is 2.58. The quantitative estimate of drug-likeness (QED) is 0.691. The van der Waals surface area contributed by atoms with E-state index in [1.165, 1.54) is 0 Å². The van der Waals surface area contributed by atoms with Gasteiger partial charge in [0.05, 0.1) is 23.3 Å². The molecule has 2 aromatic heterocycles. The Kier molecular flexibility index (Phi) is 4.50. The zero-order valence-corrected chi connectivity index (χ0v) is 17.6. The van der Waals surface area contributed by atoms with Crippen LogP contribution in [-0.2, 0) is 13.6 Å². The normalized spacial score (nSPS) is 25.1. The number of urea groups is 1. The van der Waals surface area contributed by atoms with E-state index in [0.29, 0.717) is 34.6 Å². The fourth-order valence-corrected chi connectivity index (χ4v) is 5.30. The van der Waals surface area contributed by atoms with E-state index in [0.717, 1.165) is 19.3 Å². The fourth-order valence-electron chi connectivity index (χ4n) is 5.10. The van der Waals surface area contributed by atoms with Crippen molar-refractivity contribution in [3.63, 3.8) is 0 Å². The van der Waals surface area contributed by atoms with Crippen molar-refractivity contribution in [1.82, 2.24) is 34.7 Å². The second-order valence-electron chi connectivity index (χ2n) is 8.46. The Labute approximate surface area is 179 Å². The average Bonchev–Trinajstić information content (AvgIpc) is 3.34. The molecular formula is C20H23ClN8O. The van der Waals surface area contributed by atoms with Gasteiger partial charge in [0.25, 0.3) is 0 Å². The number of carbonyl (C=O) groups is 1. The molecule has 9 nitrogen and oxygen atoms in total. The molecule has 1 aromatic carbocycles. The average molecular weight is 427 g/mol. The van der Waals surface area contributed by atoms with Crippen molar-refractivity contribution in [2.75, 3.05) is 5.32 Å². The number of hydrogen-bond acceptors (Lipinski definition) is 5. The Morgan fingerprint density at radius 1 is 1.37 bits per heavy atom. The van der Waals surface area contributed by atoms with Crippen molar-refractivity contribution in [2.24, 2.45) is 13.0 Å². The number of aromatic nitrogens is 6. The maximum absolute atomic E-state index is 13.3. The molecule has 3 aromatic rings. The Balaban J connectivity index is 1.38. The number of hydrogen-bond donors (Lipinski definition) is 1. The van der Waals surface area contributed by atoms with Crippen molar-refractivity contribution in [3.8, 4) is 11.4 Å². The highest BCUT2D eigenvalue weighted by atomic mass is 35.5. The molecule has 4 heterocycles. The number of nitrogens with zero attached hydrogens (tertiary/aromatic N) is 7. The number of benzene rings is 1. The number of halogens is 1. The molecule has 6 rings (SSSR count). The van der Waals surface area contributed by atoms with Crippen LogP contribution >= 0.6 is 11.6 Å². The summed E-state index contributed by atoms with van der Waals surface area (Å²) in [6.45, 7) is 2.91. The van der Waals surface area contributed by atoms with Gasteiger partial charge in [-0.3, -0.25) is 9.36 Å². The molecule has 30 heavy (non-hydrogen) atoms. The molecule has 1 N–H and O–H groups in total. The van der Waals surface area contributed by atoms with Gasteiger partial charge < -0.3 is 10.2 Å². The van der Waals surface area contributed by atoms with Crippen LogP contribution in [0.3, 0.4) is 0 Å². The Morgan fingerprint density at radius 3 is 2.97 bits per heavy atom. The van der Waals surface area contributed by atoms with Crippen LogP contribution in [0.25, 0.3) is 11.4 Å². The summed E-state index contributed by atoms with van der Waals surface area (Å²) in [5.41, 5.74) is 1.13. The molecule has 0 spiro atoms. The molecule has 3 atom stereocenters. The SMILES string of the molecule is C[C@H]1CC2CC(Cn3ccnn3)(C1)N2C(=O)Nc1ccc(Cl)c(-c2ncn(C)n2)c1. The number of rotatable bonds is 4. The number of anilines is 1. The van der Waals surface area contributed by atoms with Crippen molar-refractivity contribution in [3.05, 3.63) is 41.9 Å². The number of aryl methyl sites for hydroxylation is 1. The summed E-state index contributed by atoms with van der Waals surface area (Å²) in [6.07, 6.45) is 8.12. The fraction of sp³-hybridized carbons (Fsp3) is 0.450. The second kappa shape index (κ2) is 7.09. The van der Waals surface area contributed by atoms with E-state index in [9.17, 15) is 4.79 Å². The summed E-state index contributed by atoms with van der Waals surface area (Å²) in [5, 5.41) is 15.9. The molecule has 0 radical (unpaired) electrons. The van der Waals surface area contributed by atoms with Crippen LogP contribution in [-0.4, -0.2) is 52.3 Å². The Morgan fingerprint density at radius 2 is 2.23 bits per heavy atom. The van der Waals surface area contributed by atoms with Crippen LogP contribution in [0, 0.1) is 5.92 Å². The summed E-state index contributed by atoms with van der Waals surface area (Å²) in [5.74, 6) is 1.10. The second-order valence-corrected chi connectivity index (χ2v) is 8.87. The minimum atomic E-state index is -0.224. The minimum Gasteiger partial charge on any atom is -0.314 e. The number of amides is 2. The first kappa shape index (κ1) is 19.0. The topological polar surface area (TPSA) is 93.8 Å². The highest BCUT2D eigenvalue weighted by molar-refractivity contribution is 6.33. The largest absolute Gasteiger partial charge is 0.322 e. The van der Waals surface area contributed by atoms with Gasteiger partial charge in [0, 0.05) is 30.5 Å². The van der Waals surface area contributed by atoms with Gasteiger partial charge in [0.2, 0.25) is 0 Å². The summed E-state index contributed by atoms with van der Waals surface area (Å²) < 4.78 is 3.44. The molecule has 3 aliphatic rings. The third kappa shape index (κ3) is 3.23. The first-order valence-corrected chi connectivity index (χ1v) is 10.4. The monoisotopic (exact) mass is 426 g/mol. The van der Waals surface area contributed by atoms with Crippen LogP contribution in [0.5, 0.6) is 0 Å². The Bertz CT molecular complexity index is 1080. The zero-order valence-electron chi connectivity index (χ0n) is 16.9. The lowest BCUT2D eigenvalue weighted by Crippen LogP contribution is -2.73. The highest BCUT2D eigenvalue weighted by Crippen LogP contribution is 2.50. The van der Waals surface area contributed by atoms with Crippen molar-refractivity contribution < 1.29 is 4.79 Å². The molecule has 3 fully saturated rings. The van der Waals surface area contributed by atoms with E-state index in [1.807, 2.05) is 21.8 Å². The van der Waals surface area contributed by atoms with Gasteiger partial charge in [-0.15, -0.1) is 5.10 Å². The lowest BCUT2D eigenvalue weighted by Gasteiger charge is -2.63. The minimum absolute atomic E-state index is 0.0967. The molecule has 1 aliphatic carbocycles. The number of nitrogens with one attached hydrogen (secondary N) is 1.